The second kappa shape index (κ2) is 8.69. The summed E-state index contributed by atoms with van der Waals surface area (Å²) >= 11 is 0. The molecule has 10 heteroatoms. The number of hydrogen-bond donors (Lipinski definition) is 6. The number of carbonyl (C=O) groups excluding carboxylic acids is 3. The van der Waals surface area contributed by atoms with Crippen LogP contribution < -0.4 is 16.0 Å². The molecule has 3 atom stereocenters. The molecule has 0 saturated heterocycles. The number of fused-ring (bicyclic) bond motifs is 3. The van der Waals surface area contributed by atoms with Crippen LogP contribution in [0.4, 0.5) is 5.69 Å². The number of primary amides is 1. The lowest BCUT2D eigenvalue weighted by molar-refractivity contribution is -0.147. The first-order valence-electron chi connectivity index (χ1n) is 11.7. The molecule has 1 amide bonds. The minimum Gasteiger partial charge on any atom is -0.508 e. The van der Waals surface area contributed by atoms with Gasteiger partial charge in [0.15, 0.2) is 11.4 Å². The van der Waals surface area contributed by atoms with Crippen molar-refractivity contribution in [2.45, 2.75) is 44.8 Å². The van der Waals surface area contributed by atoms with Crippen molar-refractivity contribution in [1.29, 1.82) is 0 Å². The fourth-order valence-electron chi connectivity index (χ4n) is 5.66. The Morgan fingerprint density at radius 2 is 1.91 bits per heavy atom. The maximum absolute atomic E-state index is 13.6. The Morgan fingerprint density at radius 3 is 2.51 bits per heavy atom. The van der Waals surface area contributed by atoms with Crippen molar-refractivity contribution >= 4 is 28.9 Å². The molecule has 3 aliphatic carbocycles. The van der Waals surface area contributed by atoms with Gasteiger partial charge in [-0.2, -0.15) is 0 Å². The van der Waals surface area contributed by atoms with Crippen LogP contribution in [0.1, 0.15) is 42.9 Å². The van der Waals surface area contributed by atoms with Crippen LogP contribution >= 0.6 is 0 Å². The third kappa shape index (κ3) is 3.59. The number of aliphatic hydroxyl groups is 3. The number of nitrogens with one attached hydrogen (secondary N) is 1. The number of phenols is 1. The molecule has 4 rings (SSSR count). The first-order valence-corrected chi connectivity index (χ1v) is 11.7. The molecule has 0 aromatic heterocycles. The molecule has 0 aliphatic heterocycles. The molecule has 3 unspecified atom stereocenters. The zero-order chi connectivity index (χ0) is 25.8. The monoisotopic (exact) mass is 485 g/mol. The molecule has 7 N–H and O–H groups in total. The minimum atomic E-state index is -2.56. The van der Waals surface area contributed by atoms with E-state index in [1.54, 1.807) is 0 Å². The van der Waals surface area contributed by atoms with E-state index in [-0.39, 0.29) is 36.1 Å². The first-order chi connectivity index (χ1) is 16.4. The SMILES string of the molecule is CCCNCc1cc(N(C)C)c2c(c1O)C(O)=C1C(=O)C3(O)C(O)=C(C(N)=O)C(=O)CC3CC1C2. The summed E-state index contributed by atoms with van der Waals surface area (Å²) in [7, 11) is 3.68. The summed E-state index contributed by atoms with van der Waals surface area (Å²) < 4.78 is 0. The Bertz CT molecular complexity index is 1200. The molecule has 0 heterocycles. The third-order valence-electron chi connectivity index (χ3n) is 7.34. The van der Waals surface area contributed by atoms with Gasteiger partial charge in [-0.25, -0.2) is 0 Å². The minimum absolute atomic E-state index is 0.107. The van der Waals surface area contributed by atoms with Crippen LogP contribution in [0.25, 0.3) is 5.76 Å². The van der Waals surface area contributed by atoms with Gasteiger partial charge in [-0.3, -0.25) is 14.4 Å². The largest absolute Gasteiger partial charge is 0.508 e. The number of aliphatic hydroxyl groups excluding tert-OH is 2. The van der Waals surface area contributed by atoms with Gasteiger partial charge in [0, 0.05) is 49.8 Å². The summed E-state index contributed by atoms with van der Waals surface area (Å²) in [5.41, 5.74) is 3.79. The predicted octanol–water partition coefficient (Wildman–Crippen LogP) is 0.990. The molecule has 1 saturated carbocycles. The Labute approximate surface area is 202 Å². The number of anilines is 1. The van der Waals surface area contributed by atoms with Crippen LogP contribution in [0.2, 0.25) is 0 Å². The zero-order valence-corrected chi connectivity index (χ0v) is 20.0. The van der Waals surface area contributed by atoms with Crippen molar-refractivity contribution in [1.82, 2.24) is 5.32 Å². The summed E-state index contributed by atoms with van der Waals surface area (Å²) in [5.74, 6) is -6.23. The molecule has 188 valence electrons. The van der Waals surface area contributed by atoms with Crippen molar-refractivity contribution in [2.75, 3.05) is 25.5 Å². The van der Waals surface area contributed by atoms with E-state index in [0.717, 1.165) is 18.7 Å². The van der Waals surface area contributed by atoms with Crippen LogP contribution in [0.15, 0.2) is 23.0 Å². The van der Waals surface area contributed by atoms with Gasteiger partial charge in [0.2, 0.25) is 5.78 Å². The Morgan fingerprint density at radius 1 is 1.23 bits per heavy atom. The number of carbonyl (C=O) groups is 3. The van der Waals surface area contributed by atoms with Gasteiger partial charge >= 0.3 is 0 Å². The standard InChI is InChI=1S/C25H31N3O7/c1-4-5-27-10-12-8-15(28(2)3)14-7-11-6-13-9-16(29)19(24(26)34)23(33)25(13,35)22(32)17(11)21(31)18(14)20(12)30/h8,11,13,27,30-31,33,35H,4-7,9-10H2,1-3H3,(H2,26,34). The second-order valence-electron chi connectivity index (χ2n) is 9.73. The van der Waals surface area contributed by atoms with Gasteiger partial charge in [-0.05, 0) is 43.4 Å². The van der Waals surface area contributed by atoms with E-state index < -0.39 is 52.0 Å². The van der Waals surface area contributed by atoms with Gasteiger partial charge < -0.3 is 36.4 Å². The Hall–Kier alpha value is -3.37. The van der Waals surface area contributed by atoms with Crippen LogP contribution in [0.3, 0.4) is 0 Å². The summed E-state index contributed by atoms with van der Waals surface area (Å²) in [6.07, 6.45) is 0.939. The van der Waals surface area contributed by atoms with E-state index in [0.29, 0.717) is 17.7 Å². The number of benzene rings is 1. The highest BCUT2D eigenvalue weighted by Gasteiger charge is 2.60. The fraction of sp³-hybridized carbons (Fsp3) is 0.480. The van der Waals surface area contributed by atoms with Crippen molar-refractivity contribution in [2.24, 2.45) is 17.6 Å². The average molecular weight is 486 g/mol. The molecule has 0 radical (unpaired) electrons. The van der Waals surface area contributed by atoms with Crippen LogP contribution in [0.5, 0.6) is 5.75 Å². The topological polar surface area (TPSA) is 173 Å². The van der Waals surface area contributed by atoms with Gasteiger partial charge in [0.1, 0.15) is 22.8 Å². The number of Topliss-reactive ketones (excluding diaryl/α,β-unsaturated/α-hetero) is 2. The van der Waals surface area contributed by atoms with Crippen molar-refractivity contribution in [3.8, 4) is 5.75 Å². The highest BCUT2D eigenvalue weighted by Crippen LogP contribution is 2.53. The van der Waals surface area contributed by atoms with Gasteiger partial charge in [-0.1, -0.05) is 6.92 Å². The number of amides is 1. The number of hydrogen-bond acceptors (Lipinski definition) is 9. The summed E-state index contributed by atoms with van der Waals surface area (Å²) in [6.45, 7) is 3.08. The molecule has 1 aromatic rings. The van der Waals surface area contributed by atoms with E-state index in [4.69, 9.17) is 5.73 Å². The van der Waals surface area contributed by atoms with Gasteiger partial charge in [-0.15, -0.1) is 0 Å². The predicted molar refractivity (Wildman–Crippen MR) is 128 cm³/mol. The van der Waals surface area contributed by atoms with Crippen molar-refractivity contribution in [3.63, 3.8) is 0 Å². The smallest absolute Gasteiger partial charge is 0.255 e. The lowest BCUT2D eigenvalue weighted by Crippen LogP contribution is -2.58. The second-order valence-corrected chi connectivity index (χ2v) is 9.73. The Balaban J connectivity index is 1.91. The van der Waals surface area contributed by atoms with Crippen LogP contribution in [0, 0.1) is 11.8 Å². The lowest BCUT2D eigenvalue weighted by Gasteiger charge is -2.46. The van der Waals surface area contributed by atoms with E-state index in [2.05, 4.69) is 5.32 Å². The fourth-order valence-corrected chi connectivity index (χ4v) is 5.66. The number of phenolic OH excluding ortho intramolecular Hbond substituents is 1. The Kier molecular flexibility index (Phi) is 6.14. The van der Waals surface area contributed by atoms with Crippen molar-refractivity contribution in [3.05, 3.63) is 39.7 Å². The van der Waals surface area contributed by atoms with Crippen LogP contribution in [-0.4, -0.2) is 64.1 Å². The normalized spacial score (nSPS) is 25.8. The first kappa shape index (κ1) is 24.7. The molecule has 10 nitrogen and oxygen atoms in total. The molecule has 3 aliphatic rings. The molecular weight excluding hydrogens is 454 g/mol. The highest BCUT2D eigenvalue weighted by molar-refractivity contribution is 6.22. The highest BCUT2D eigenvalue weighted by atomic mass is 16.3. The quantitative estimate of drug-likeness (QED) is 0.254. The molecular formula is C25H31N3O7. The molecule has 0 bridgehead atoms. The number of aromatic hydroxyl groups is 1. The van der Waals surface area contributed by atoms with Crippen LogP contribution in [-0.2, 0) is 27.3 Å². The summed E-state index contributed by atoms with van der Waals surface area (Å²) in [6, 6.07) is 1.84. The number of ketones is 2. The molecule has 0 spiro atoms. The van der Waals surface area contributed by atoms with Gasteiger partial charge in [0.25, 0.3) is 5.91 Å². The number of nitrogens with two attached hydrogens (primary N) is 1. The third-order valence-corrected chi connectivity index (χ3v) is 7.34. The number of nitrogens with zero attached hydrogens (tertiary/aromatic N) is 1. The van der Waals surface area contributed by atoms with E-state index >= 15 is 0 Å². The van der Waals surface area contributed by atoms with Gasteiger partial charge in [0.05, 0.1) is 5.56 Å². The average Bonchev–Trinajstić information content (AvgIpc) is 2.77. The maximum Gasteiger partial charge on any atom is 0.255 e. The lowest BCUT2D eigenvalue weighted by atomic mass is 9.59. The van der Waals surface area contributed by atoms with E-state index in [1.165, 1.54) is 0 Å². The van der Waals surface area contributed by atoms with E-state index in [9.17, 15) is 34.8 Å². The number of rotatable bonds is 6. The molecule has 35 heavy (non-hydrogen) atoms. The van der Waals surface area contributed by atoms with E-state index in [1.807, 2.05) is 32.0 Å². The molecule has 1 aromatic carbocycles. The van der Waals surface area contributed by atoms with Crippen molar-refractivity contribution < 1.29 is 34.8 Å². The molecule has 1 fully saturated rings. The maximum atomic E-state index is 13.6. The summed E-state index contributed by atoms with van der Waals surface area (Å²) in [5, 5.41) is 47.6. The zero-order valence-electron chi connectivity index (χ0n) is 20.0. The summed E-state index contributed by atoms with van der Waals surface area (Å²) in [4.78, 5) is 39.7.